The van der Waals surface area contributed by atoms with E-state index in [1.54, 1.807) is 12.1 Å². The van der Waals surface area contributed by atoms with Gasteiger partial charge in [-0.15, -0.1) is 0 Å². The van der Waals surface area contributed by atoms with Gasteiger partial charge in [-0.25, -0.2) is 0 Å². The van der Waals surface area contributed by atoms with Crippen molar-refractivity contribution in [3.05, 3.63) is 71.9 Å². The minimum atomic E-state index is -0.362. The van der Waals surface area contributed by atoms with Crippen molar-refractivity contribution < 1.29 is 24.9 Å². The number of rotatable bonds is 4. The van der Waals surface area contributed by atoms with Gasteiger partial charge in [-0.05, 0) is 23.8 Å². The first kappa shape index (κ1) is 15.6. The van der Waals surface area contributed by atoms with Crippen LogP contribution in [0.5, 0.6) is 5.75 Å². The van der Waals surface area contributed by atoms with Crippen LogP contribution in [0.15, 0.2) is 66.3 Å². The Hall–Kier alpha value is -2.79. The molecule has 5 heteroatoms. The van der Waals surface area contributed by atoms with Crippen molar-refractivity contribution in [2.75, 3.05) is 6.61 Å². The monoisotopic (exact) mass is 300 g/mol. The number of aliphatic hydroxyl groups is 2. The molecule has 2 rings (SSSR count). The summed E-state index contributed by atoms with van der Waals surface area (Å²) in [5.41, 5.74) is 1.29. The number of carbonyl (C=O) groups excluding carboxylic acids is 1. The highest BCUT2D eigenvalue weighted by molar-refractivity contribution is 6.21. The molecule has 1 aliphatic rings. The highest BCUT2D eigenvalue weighted by Gasteiger charge is 2.20. The summed E-state index contributed by atoms with van der Waals surface area (Å²) in [5.74, 6) is -0.0480. The largest absolute Gasteiger partial charge is 0.508 e. The summed E-state index contributed by atoms with van der Waals surface area (Å²) in [7, 11) is 0. The summed E-state index contributed by atoms with van der Waals surface area (Å²) >= 11 is 0. The van der Waals surface area contributed by atoms with Crippen LogP contribution in [0.2, 0.25) is 0 Å². The maximum Gasteiger partial charge on any atom is 0.170 e. The van der Waals surface area contributed by atoms with E-state index in [1.807, 2.05) is 0 Å². The third-order valence-electron chi connectivity index (χ3n) is 3.18. The van der Waals surface area contributed by atoms with Gasteiger partial charge in [0.25, 0.3) is 0 Å². The van der Waals surface area contributed by atoms with Crippen molar-refractivity contribution in [3.63, 3.8) is 0 Å². The average molecular weight is 300 g/mol. The summed E-state index contributed by atoms with van der Waals surface area (Å²) in [6.07, 6.45) is 3.77. The maximum atomic E-state index is 12.3. The van der Waals surface area contributed by atoms with Gasteiger partial charge < -0.3 is 20.1 Å². The lowest BCUT2D eigenvalue weighted by Crippen LogP contribution is -2.05. The molecular weight excluding hydrogens is 284 g/mol. The highest BCUT2D eigenvalue weighted by atomic mass is 16.5. The molecule has 1 aromatic rings. The second-order valence-corrected chi connectivity index (χ2v) is 4.70. The molecule has 1 aromatic carbocycles. The van der Waals surface area contributed by atoms with E-state index in [2.05, 4.69) is 6.58 Å². The quantitative estimate of drug-likeness (QED) is 0.587. The lowest BCUT2D eigenvalue weighted by atomic mass is 9.98. The van der Waals surface area contributed by atoms with Gasteiger partial charge in [0.2, 0.25) is 0 Å². The number of allylic oxidation sites excluding steroid dienone is 3. The van der Waals surface area contributed by atoms with Gasteiger partial charge in [0, 0.05) is 18.1 Å². The van der Waals surface area contributed by atoms with Crippen LogP contribution >= 0.6 is 0 Å². The number of hydrogen-bond acceptors (Lipinski definition) is 5. The predicted molar refractivity (Wildman–Crippen MR) is 81.8 cm³/mol. The molecule has 0 atom stereocenters. The first-order valence-electron chi connectivity index (χ1n) is 6.60. The topological polar surface area (TPSA) is 87.0 Å². The molecule has 22 heavy (non-hydrogen) atoms. The van der Waals surface area contributed by atoms with Crippen LogP contribution in [0.25, 0.3) is 5.57 Å². The summed E-state index contributed by atoms with van der Waals surface area (Å²) in [5, 5.41) is 28.2. The Bertz CT molecular complexity index is 678. The second-order valence-electron chi connectivity index (χ2n) is 4.70. The number of benzene rings is 1. The molecule has 5 nitrogen and oxygen atoms in total. The zero-order valence-electron chi connectivity index (χ0n) is 11.8. The van der Waals surface area contributed by atoms with Gasteiger partial charge in [0.1, 0.15) is 23.5 Å². The Morgan fingerprint density at radius 1 is 1.32 bits per heavy atom. The number of Topliss-reactive ketones (excluding diaryl/α,β-unsaturated/α-hetero) is 1. The van der Waals surface area contributed by atoms with Crippen molar-refractivity contribution in [2.45, 2.75) is 6.42 Å². The molecule has 0 radical (unpaired) electrons. The maximum absolute atomic E-state index is 12.3. The van der Waals surface area contributed by atoms with E-state index >= 15 is 0 Å². The summed E-state index contributed by atoms with van der Waals surface area (Å²) in [6.45, 7) is 3.06. The molecule has 0 spiro atoms. The zero-order valence-corrected chi connectivity index (χ0v) is 11.8. The van der Waals surface area contributed by atoms with E-state index in [4.69, 9.17) is 4.74 Å². The van der Waals surface area contributed by atoms with E-state index in [1.165, 1.54) is 30.5 Å². The summed E-state index contributed by atoms with van der Waals surface area (Å²) in [4.78, 5) is 12.3. The van der Waals surface area contributed by atoms with Crippen LogP contribution in [0.1, 0.15) is 12.0 Å². The third kappa shape index (κ3) is 3.45. The standard InChI is InChI=1S/C17H16O5/c1-2-13(19)8-17-12(9-18)7-16(21)15(10-22-17)11-3-5-14(20)6-4-11/h2-6,8,10,18-20H,1,7,9H2/b13-8+. The number of ether oxygens (including phenoxy) is 1. The number of phenols is 1. The average Bonchev–Trinajstić information content (AvgIpc) is 2.67. The van der Waals surface area contributed by atoms with Gasteiger partial charge in [-0.3, -0.25) is 4.79 Å². The first-order chi connectivity index (χ1) is 10.5. The van der Waals surface area contributed by atoms with Gasteiger partial charge in [0.05, 0.1) is 12.2 Å². The summed E-state index contributed by atoms with van der Waals surface area (Å²) in [6, 6.07) is 6.14. The van der Waals surface area contributed by atoms with Crippen LogP contribution in [0.4, 0.5) is 0 Å². The van der Waals surface area contributed by atoms with Crippen LogP contribution in [-0.2, 0) is 9.53 Å². The molecule has 0 fully saturated rings. The van der Waals surface area contributed by atoms with E-state index < -0.39 is 0 Å². The second kappa shape index (κ2) is 6.78. The molecule has 0 saturated heterocycles. The molecule has 0 saturated carbocycles. The molecule has 0 unspecified atom stereocenters. The Balaban J connectivity index is 2.38. The minimum absolute atomic E-state index is 0.0283. The smallest absolute Gasteiger partial charge is 0.170 e. The number of hydrogen-bond donors (Lipinski definition) is 3. The lowest BCUT2D eigenvalue weighted by Gasteiger charge is -2.05. The molecule has 3 N–H and O–H groups in total. The van der Waals surface area contributed by atoms with Crippen LogP contribution in [0, 0.1) is 0 Å². The number of phenolic OH excluding ortho intramolecular Hbond substituents is 1. The van der Waals surface area contributed by atoms with Gasteiger partial charge >= 0.3 is 0 Å². The molecule has 1 heterocycles. The highest BCUT2D eigenvalue weighted by Crippen LogP contribution is 2.27. The van der Waals surface area contributed by atoms with E-state index in [0.29, 0.717) is 16.7 Å². The SMILES string of the molecule is C=C/C(O)=C\C1=C(CO)CC(=O)C(c2ccc(O)cc2)=CO1. The Morgan fingerprint density at radius 2 is 2.00 bits per heavy atom. The van der Waals surface area contributed by atoms with E-state index in [-0.39, 0.29) is 36.1 Å². The Kier molecular flexibility index (Phi) is 4.80. The van der Waals surface area contributed by atoms with Crippen molar-refractivity contribution in [2.24, 2.45) is 0 Å². The van der Waals surface area contributed by atoms with Gasteiger partial charge in [-0.2, -0.15) is 0 Å². The van der Waals surface area contributed by atoms with E-state index in [0.717, 1.165) is 0 Å². The van der Waals surface area contributed by atoms with Crippen molar-refractivity contribution in [3.8, 4) is 5.75 Å². The number of ketones is 1. The predicted octanol–water partition coefficient (Wildman–Crippen LogP) is 2.60. The molecule has 0 aliphatic carbocycles. The molecular formula is C17H16O5. The van der Waals surface area contributed by atoms with Crippen LogP contribution in [-0.4, -0.2) is 27.7 Å². The molecule has 0 amide bonds. The fourth-order valence-electron chi connectivity index (χ4n) is 1.98. The molecule has 0 bridgehead atoms. The number of aliphatic hydroxyl groups excluding tert-OH is 2. The van der Waals surface area contributed by atoms with Crippen molar-refractivity contribution in [1.82, 2.24) is 0 Å². The molecule has 0 aromatic heterocycles. The van der Waals surface area contributed by atoms with Crippen LogP contribution < -0.4 is 0 Å². The molecule has 1 aliphatic heterocycles. The third-order valence-corrected chi connectivity index (χ3v) is 3.18. The zero-order chi connectivity index (χ0) is 16.1. The van der Waals surface area contributed by atoms with Gasteiger partial charge in [-0.1, -0.05) is 18.7 Å². The Morgan fingerprint density at radius 3 is 2.59 bits per heavy atom. The fourth-order valence-corrected chi connectivity index (χ4v) is 1.98. The fraction of sp³-hybridized carbons (Fsp3) is 0.118. The Labute approximate surface area is 127 Å². The van der Waals surface area contributed by atoms with Crippen LogP contribution in [0.3, 0.4) is 0 Å². The first-order valence-corrected chi connectivity index (χ1v) is 6.60. The van der Waals surface area contributed by atoms with E-state index in [9.17, 15) is 20.1 Å². The van der Waals surface area contributed by atoms with Crippen molar-refractivity contribution in [1.29, 1.82) is 0 Å². The lowest BCUT2D eigenvalue weighted by molar-refractivity contribution is -0.113. The normalized spacial score (nSPS) is 16.0. The molecule has 114 valence electrons. The number of aromatic hydroxyl groups is 1. The van der Waals surface area contributed by atoms with Crippen molar-refractivity contribution >= 4 is 11.4 Å². The minimum Gasteiger partial charge on any atom is -0.508 e. The number of carbonyl (C=O) groups is 1. The van der Waals surface area contributed by atoms with Gasteiger partial charge in [0.15, 0.2) is 5.78 Å². The summed E-state index contributed by atoms with van der Waals surface area (Å²) < 4.78 is 5.44.